The lowest BCUT2D eigenvalue weighted by molar-refractivity contribution is -0.113. The standard InChI is InChI=1S/C18H28N2O/c1-17(15-21,16-9-6-5-7-10-16)13-20(4)14-18(19(2)3)11-8-12-18/h5-7,9-10,15H,8,11-14H2,1-4H3. The minimum atomic E-state index is -0.437. The first-order valence-electron chi connectivity index (χ1n) is 7.80. The molecule has 0 radical (unpaired) electrons. The largest absolute Gasteiger partial charge is 0.303 e. The van der Waals surface area contributed by atoms with E-state index in [0.717, 1.165) is 24.9 Å². The van der Waals surface area contributed by atoms with Crippen molar-refractivity contribution in [2.45, 2.75) is 37.1 Å². The minimum Gasteiger partial charge on any atom is -0.303 e. The molecular weight excluding hydrogens is 260 g/mol. The van der Waals surface area contributed by atoms with Crippen molar-refractivity contribution in [3.8, 4) is 0 Å². The Labute approximate surface area is 128 Å². The summed E-state index contributed by atoms with van der Waals surface area (Å²) in [6.45, 7) is 3.82. The van der Waals surface area contributed by atoms with Crippen LogP contribution < -0.4 is 0 Å². The normalized spacial score (nSPS) is 20.1. The number of carbonyl (C=O) groups excluding carboxylic acids is 1. The van der Waals surface area contributed by atoms with E-state index in [9.17, 15) is 4.79 Å². The maximum absolute atomic E-state index is 11.7. The lowest BCUT2D eigenvalue weighted by Gasteiger charge is -2.50. The second-order valence-electron chi connectivity index (χ2n) is 7.05. The number of aldehydes is 1. The second-order valence-corrected chi connectivity index (χ2v) is 7.05. The minimum absolute atomic E-state index is 0.301. The monoisotopic (exact) mass is 288 g/mol. The van der Waals surface area contributed by atoms with Gasteiger partial charge in [0.25, 0.3) is 0 Å². The molecule has 1 aliphatic rings. The predicted molar refractivity (Wildman–Crippen MR) is 87.6 cm³/mol. The molecule has 1 aromatic rings. The summed E-state index contributed by atoms with van der Waals surface area (Å²) in [5.41, 5.74) is 0.960. The quantitative estimate of drug-likeness (QED) is 0.721. The third kappa shape index (κ3) is 3.35. The zero-order valence-corrected chi connectivity index (χ0v) is 13.8. The molecule has 0 amide bonds. The number of rotatable bonds is 7. The zero-order valence-electron chi connectivity index (χ0n) is 13.8. The highest BCUT2D eigenvalue weighted by molar-refractivity contribution is 5.68. The first-order valence-corrected chi connectivity index (χ1v) is 7.80. The van der Waals surface area contributed by atoms with Crippen molar-refractivity contribution in [1.82, 2.24) is 9.80 Å². The molecule has 0 N–H and O–H groups in total. The molecule has 3 heteroatoms. The van der Waals surface area contributed by atoms with Crippen LogP contribution in [0.15, 0.2) is 30.3 Å². The summed E-state index contributed by atoms with van der Waals surface area (Å²) in [6, 6.07) is 10.1. The Bertz CT molecular complexity index is 467. The van der Waals surface area contributed by atoms with Crippen molar-refractivity contribution >= 4 is 6.29 Å². The first kappa shape index (κ1) is 16.2. The van der Waals surface area contributed by atoms with Gasteiger partial charge in [-0.2, -0.15) is 0 Å². The van der Waals surface area contributed by atoms with Crippen molar-refractivity contribution < 1.29 is 4.79 Å². The summed E-state index contributed by atoms with van der Waals surface area (Å²) in [7, 11) is 6.47. The van der Waals surface area contributed by atoms with Gasteiger partial charge in [-0.15, -0.1) is 0 Å². The van der Waals surface area contributed by atoms with Gasteiger partial charge in [0.2, 0.25) is 0 Å². The Hall–Kier alpha value is -1.19. The molecule has 0 saturated heterocycles. The van der Waals surface area contributed by atoms with Gasteiger partial charge < -0.3 is 14.6 Å². The van der Waals surface area contributed by atoms with Gasteiger partial charge in [-0.1, -0.05) is 30.3 Å². The molecule has 1 aliphatic carbocycles. The van der Waals surface area contributed by atoms with Crippen LogP contribution >= 0.6 is 0 Å². The molecule has 1 saturated carbocycles. The third-order valence-electron chi connectivity index (χ3n) is 5.09. The Morgan fingerprint density at radius 1 is 1.19 bits per heavy atom. The summed E-state index contributed by atoms with van der Waals surface area (Å²) in [5, 5.41) is 0. The maximum Gasteiger partial charge on any atom is 0.131 e. The van der Waals surface area contributed by atoms with Crippen molar-refractivity contribution in [2.24, 2.45) is 0 Å². The molecule has 0 bridgehead atoms. The number of benzene rings is 1. The van der Waals surface area contributed by atoms with Gasteiger partial charge in [0.15, 0.2) is 0 Å². The number of hydrogen-bond acceptors (Lipinski definition) is 3. The van der Waals surface area contributed by atoms with Gasteiger partial charge in [0.1, 0.15) is 6.29 Å². The Morgan fingerprint density at radius 3 is 2.24 bits per heavy atom. The van der Waals surface area contributed by atoms with Crippen LogP contribution in [0.4, 0.5) is 0 Å². The lowest BCUT2D eigenvalue weighted by Crippen LogP contribution is -2.57. The highest BCUT2D eigenvalue weighted by Gasteiger charge is 2.40. The van der Waals surface area contributed by atoms with E-state index < -0.39 is 5.41 Å². The number of carbonyl (C=O) groups is 1. The number of hydrogen-bond donors (Lipinski definition) is 0. The highest BCUT2D eigenvalue weighted by Crippen LogP contribution is 2.37. The molecular formula is C18H28N2O. The lowest BCUT2D eigenvalue weighted by atomic mass is 9.75. The van der Waals surface area contributed by atoms with Crippen LogP contribution in [-0.4, -0.2) is 55.9 Å². The molecule has 0 aliphatic heterocycles. The van der Waals surface area contributed by atoms with E-state index in [1.54, 1.807) is 0 Å². The summed E-state index contributed by atoms with van der Waals surface area (Å²) >= 11 is 0. The topological polar surface area (TPSA) is 23.6 Å². The summed E-state index contributed by atoms with van der Waals surface area (Å²) in [4.78, 5) is 16.4. The van der Waals surface area contributed by atoms with Gasteiger partial charge >= 0.3 is 0 Å². The summed E-state index contributed by atoms with van der Waals surface area (Å²) in [5.74, 6) is 0. The molecule has 0 spiro atoms. The van der Waals surface area contributed by atoms with Crippen LogP contribution in [0.3, 0.4) is 0 Å². The van der Waals surface area contributed by atoms with Gasteiger partial charge in [0.05, 0.1) is 5.41 Å². The van der Waals surface area contributed by atoms with Gasteiger partial charge in [-0.25, -0.2) is 0 Å². The van der Waals surface area contributed by atoms with Gasteiger partial charge in [-0.05, 0) is 52.9 Å². The van der Waals surface area contributed by atoms with Crippen LogP contribution in [0.1, 0.15) is 31.7 Å². The first-order chi connectivity index (χ1) is 9.92. The Balaban J connectivity index is 2.06. The van der Waals surface area contributed by atoms with E-state index in [2.05, 4.69) is 30.9 Å². The van der Waals surface area contributed by atoms with Gasteiger partial charge in [0, 0.05) is 18.6 Å². The summed E-state index contributed by atoms with van der Waals surface area (Å²) in [6.07, 6.45) is 4.93. The van der Waals surface area contributed by atoms with Crippen molar-refractivity contribution in [3.63, 3.8) is 0 Å². The molecule has 0 heterocycles. The SMILES string of the molecule is CN(CC(C)(C=O)c1ccccc1)CC1(N(C)C)CCC1. The molecule has 116 valence electrons. The number of nitrogens with zero attached hydrogens (tertiary/aromatic N) is 2. The van der Waals surface area contributed by atoms with Crippen molar-refractivity contribution in [3.05, 3.63) is 35.9 Å². The smallest absolute Gasteiger partial charge is 0.131 e. The molecule has 1 aromatic carbocycles. The van der Waals surface area contributed by atoms with E-state index in [-0.39, 0.29) is 0 Å². The average molecular weight is 288 g/mol. The average Bonchev–Trinajstić information content (AvgIpc) is 2.43. The van der Waals surface area contributed by atoms with E-state index in [1.165, 1.54) is 19.3 Å². The van der Waals surface area contributed by atoms with E-state index >= 15 is 0 Å². The van der Waals surface area contributed by atoms with Crippen LogP contribution in [0.2, 0.25) is 0 Å². The Morgan fingerprint density at radius 2 is 1.81 bits per heavy atom. The highest BCUT2D eigenvalue weighted by atomic mass is 16.1. The number of likely N-dealkylation sites (N-methyl/N-ethyl adjacent to an activating group) is 2. The molecule has 1 fully saturated rings. The molecule has 1 atom stereocenters. The molecule has 21 heavy (non-hydrogen) atoms. The summed E-state index contributed by atoms with van der Waals surface area (Å²) < 4.78 is 0. The second kappa shape index (κ2) is 6.29. The maximum atomic E-state index is 11.7. The van der Waals surface area contributed by atoms with Gasteiger partial charge in [-0.3, -0.25) is 0 Å². The fourth-order valence-electron chi connectivity index (χ4n) is 3.47. The zero-order chi connectivity index (χ0) is 15.5. The molecule has 3 nitrogen and oxygen atoms in total. The van der Waals surface area contributed by atoms with Crippen LogP contribution in [0.25, 0.3) is 0 Å². The van der Waals surface area contributed by atoms with E-state index in [1.807, 2.05) is 37.3 Å². The van der Waals surface area contributed by atoms with E-state index in [0.29, 0.717) is 5.54 Å². The van der Waals surface area contributed by atoms with Crippen LogP contribution in [-0.2, 0) is 10.2 Å². The molecule has 2 rings (SSSR count). The molecule has 0 aromatic heterocycles. The third-order valence-corrected chi connectivity index (χ3v) is 5.09. The van der Waals surface area contributed by atoms with E-state index in [4.69, 9.17) is 0 Å². The van der Waals surface area contributed by atoms with Crippen LogP contribution in [0, 0.1) is 0 Å². The fraction of sp³-hybridized carbons (Fsp3) is 0.611. The molecule has 1 unspecified atom stereocenters. The van der Waals surface area contributed by atoms with Crippen molar-refractivity contribution in [2.75, 3.05) is 34.2 Å². The van der Waals surface area contributed by atoms with Crippen LogP contribution in [0.5, 0.6) is 0 Å². The Kier molecular flexibility index (Phi) is 4.84. The predicted octanol–water partition coefficient (Wildman–Crippen LogP) is 2.56. The fourth-order valence-corrected chi connectivity index (χ4v) is 3.47. The van der Waals surface area contributed by atoms with Crippen molar-refractivity contribution in [1.29, 1.82) is 0 Å².